The lowest BCUT2D eigenvalue weighted by atomic mass is 10.1. The molecule has 0 aliphatic carbocycles. The highest BCUT2D eigenvalue weighted by atomic mass is 15.3. The van der Waals surface area contributed by atoms with Gasteiger partial charge in [0.05, 0.1) is 0 Å². The minimum Gasteiger partial charge on any atom is -0.373 e. The van der Waals surface area contributed by atoms with E-state index in [1.165, 1.54) is 31.5 Å². The molecule has 0 bridgehead atoms. The number of nitrogens with zero attached hydrogens (tertiary/aromatic N) is 4. The first-order chi connectivity index (χ1) is 9.19. The highest BCUT2D eigenvalue weighted by Crippen LogP contribution is 2.28. The van der Waals surface area contributed by atoms with Gasteiger partial charge in [0.1, 0.15) is 17.5 Å². The maximum atomic E-state index is 4.68. The summed E-state index contributed by atoms with van der Waals surface area (Å²) in [6.07, 6.45) is 2.68. The van der Waals surface area contributed by atoms with Gasteiger partial charge in [-0.2, -0.15) is 0 Å². The fraction of sp³-hybridized carbons (Fsp3) is 0.714. The summed E-state index contributed by atoms with van der Waals surface area (Å²) in [4.78, 5) is 14.2. The monoisotopic (exact) mass is 261 g/mol. The summed E-state index contributed by atoms with van der Waals surface area (Å²) in [5, 5.41) is 3.17. The summed E-state index contributed by atoms with van der Waals surface area (Å²) < 4.78 is 0. The molecule has 5 nitrogen and oxygen atoms in total. The first-order valence-electron chi connectivity index (χ1n) is 7.21. The Morgan fingerprint density at radius 1 is 1.16 bits per heavy atom. The highest BCUT2D eigenvalue weighted by Gasteiger charge is 2.31. The van der Waals surface area contributed by atoms with E-state index in [1.807, 2.05) is 14.0 Å². The van der Waals surface area contributed by atoms with E-state index in [1.54, 1.807) is 0 Å². The predicted octanol–water partition coefficient (Wildman–Crippen LogP) is 1.42. The topological polar surface area (TPSA) is 44.3 Å². The Morgan fingerprint density at radius 2 is 2.00 bits per heavy atom. The van der Waals surface area contributed by atoms with Gasteiger partial charge in [0.25, 0.3) is 0 Å². The van der Waals surface area contributed by atoms with Crippen LogP contribution >= 0.6 is 0 Å². The maximum absolute atomic E-state index is 4.68. The van der Waals surface area contributed by atoms with E-state index in [0.717, 1.165) is 36.6 Å². The van der Waals surface area contributed by atoms with E-state index >= 15 is 0 Å². The van der Waals surface area contributed by atoms with Crippen molar-refractivity contribution >= 4 is 11.6 Å². The number of aryl methyl sites for hydroxylation is 1. The van der Waals surface area contributed by atoms with Crippen LogP contribution in [0.3, 0.4) is 0 Å². The molecule has 2 saturated heterocycles. The summed E-state index contributed by atoms with van der Waals surface area (Å²) in [7, 11) is 1.92. The van der Waals surface area contributed by atoms with Crippen LogP contribution in [0.25, 0.3) is 0 Å². The molecule has 2 aliphatic rings. The Hall–Kier alpha value is -1.36. The van der Waals surface area contributed by atoms with Gasteiger partial charge in [-0.1, -0.05) is 0 Å². The van der Waals surface area contributed by atoms with E-state index in [-0.39, 0.29) is 0 Å². The predicted molar refractivity (Wildman–Crippen MR) is 77.9 cm³/mol. The number of anilines is 2. The fourth-order valence-corrected chi connectivity index (χ4v) is 3.35. The van der Waals surface area contributed by atoms with Crippen LogP contribution in [-0.2, 0) is 0 Å². The van der Waals surface area contributed by atoms with Crippen LogP contribution in [0.1, 0.15) is 24.2 Å². The van der Waals surface area contributed by atoms with Crippen molar-refractivity contribution in [3.63, 3.8) is 0 Å². The second-order valence-corrected chi connectivity index (χ2v) is 5.60. The number of hydrogen-bond donors (Lipinski definition) is 1. The first kappa shape index (κ1) is 12.7. The van der Waals surface area contributed by atoms with Gasteiger partial charge in [-0.25, -0.2) is 9.97 Å². The van der Waals surface area contributed by atoms with Crippen molar-refractivity contribution < 1.29 is 0 Å². The van der Waals surface area contributed by atoms with Crippen molar-refractivity contribution in [2.24, 2.45) is 0 Å². The lowest BCUT2D eigenvalue weighted by Gasteiger charge is -2.38. The average Bonchev–Trinajstić information content (AvgIpc) is 2.88. The number of aromatic nitrogens is 2. The number of piperazine rings is 1. The maximum Gasteiger partial charge on any atom is 0.137 e. The van der Waals surface area contributed by atoms with Crippen molar-refractivity contribution in [1.29, 1.82) is 0 Å². The molecule has 0 aromatic carbocycles. The molecule has 0 radical (unpaired) electrons. The first-order valence-corrected chi connectivity index (χ1v) is 7.21. The molecule has 0 spiro atoms. The lowest BCUT2D eigenvalue weighted by molar-refractivity contribution is 0.230. The van der Waals surface area contributed by atoms with Gasteiger partial charge in [-0.3, -0.25) is 4.90 Å². The normalized spacial score (nSPS) is 23.5. The van der Waals surface area contributed by atoms with E-state index in [9.17, 15) is 0 Å². The van der Waals surface area contributed by atoms with Gasteiger partial charge < -0.3 is 10.2 Å². The van der Waals surface area contributed by atoms with Crippen LogP contribution in [0.4, 0.5) is 11.6 Å². The lowest BCUT2D eigenvalue weighted by Crippen LogP contribution is -2.50. The van der Waals surface area contributed by atoms with E-state index in [2.05, 4.69) is 32.0 Å². The van der Waals surface area contributed by atoms with Crippen LogP contribution in [0, 0.1) is 13.8 Å². The highest BCUT2D eigenvalue weighted by molar-refractivity contribution is 5.58. The zero-order valence-electron chi connectivity index (χ0n) is 12.1. The molecule has 104 valence electrons. The molecule has 19 heavy (non-hydrogen) atoms. The summed E-state index contributed by atoms with van der Waals surface area (Å²) in [6, 6.07) is 0.724. The van der Waals surface area contributed by atoms with Crippen LogP contribution in [-0.4, -0.2) is 54.1 Å². The molecule has 5 heteroatoms. The molecule has 1 N–H and O–H groups in total. The number of hydrogen-bond acceptors (Lipinski definition) is 5. The summed E-state index contributed by atoms with van der Waals surface area (Å²) >= 11 is 0. The Bertz CT molecular complexity index is 473. The number of fused-ring (bicyclic) bond motifs is 1. The molecule has 3 rings (SSSR count). The zero-order chi connectivity index (χ0) is 13.4. The Morgan fingerprint density at radius 3 is 2.79 bits per heavy atom. The fourth-order valence-electron chi connectivity index (χ4n) is 3.35. The molecule has 1 atom stereocenters. The molecular weight excluding hydrogens is 238 g/mol. The summed E-state index contributed by atoms with van der Waals surface area (Å²) in [5.74, 6) is 2.92. The van der Waals surface area contributed by atoms with Crippen molar-refractivity contribution in [1.82, 2.24) is 14.9 Å². The van der Waals surface area contributed by atoms with E-state index in [0.29, 0.717) is 0 Å². The Kier molecular flexibility index (Phi) is 3.31. The average molecular weight is 261 g/mol. The molecule has 2 fully saturated rings. The SMILES string of the molecule is CNc1nc(C)nc(N2CCN3CCCC3C2)c1C. The van der Waals surface area contributed by atoms with Gasteiger partial charge in [-0.05, 0) is 33.2 Å². The minimum absolute atomic E-state index is 0.724. The van der Waals surface area contributed by atoms with Crippen LogP contribution in [0.2, 0.25) is 0 Å². The molecule has 1 aromatic heterocycles. The van der Waals surface area contributed by atoms with Gasteiger partial charge in [0, 0.05) is 38.3 Å². The molecule has 1 unspecified atom stereocenters. The van der Waals surface area contributed by atoms with Gasteiger partial charge >= 0.3 is 0 Å². The molecule has 0 saturated carbocycles. The molecule has 3 heterocycles. The smallest absolute Gasteiger partial charge is 0.137 e. The third-order valence-electron chi connectivity index (χ3n) is 4.36. The summed E-state index contributed by atoms with van der Waals surface area (Å²) in [6.45, 7) is 8.72. The summed E-state index contributed by atoms with van der Waals surface area (Å²) in [5.41, 5.74) is 1.17. The largest absolute Gasteiger partial charge is 0.373 e. The van der Waals surface area contributed by atoms with Gasteiger partial charge in [-0.15, -0.1) is 0 Å². The zero-order valence-corrected chi connectivity index (χ0v) is 12.1. The van der Waals surface area contributed by atoms with Gasteiger partial charge in [0.2, 0.25) is 0 Å². The molecule has 0 amide bonds. The second-order valence-electron chi connectivity index (χ2n) is 5.60. The van der Waals surface area contributed by atoms with Crippen LogP contribution in [0.5, 0.6) is 0 Å². The third kappa shape index (κ3) is 2.27. The van der Waals surface area contributed by atoms with Crippen molar-refractivity contribution in [2.45, 2.75) is 32.7 Å². The Labute approximate surface area is 115 Å². The standard InChI is InChI=1S/C14H23N5/c1-10-13(15-3)16-11(2)17-14(10)19-8-7-18-6-4-5-12(18)9-19/h12H,4-9H2,1-3H3,(H,15,16,17). The van der Waals surface area contributed by atoms with Gasteiger partial charge in [0.15, 0.2) is 0 Å². The Balaban J connectivity index is 1.87. The quantitative estimate of drug-likeness (QED) is 0.872. The van der Waals surface area contributed by atoms with Crippen molar-refractivity contribution in [3.8, 4) is 0 Å². The molecular formula is C14H23N5. The number of rotatable bonds is 2. The third-order valence-corrected chi connectivity index (χ3v) is 4.36. The number of nitrogens with one attached hydrogen (secondary N) is 1. The molecule has 2 aliphatic heterocycles. The minimum atomic E-state index is 0.724. The van der Waals surface area contributed by atoms with Crippen LogP contribution in [0.15, 0.2) is 0 Å². The molecule has 1 aromatic rings. The van der Waals surface area contributed by atoms with Crippen LogP contribution < -0.4 is 10.2 Å². The second kappa shape index (κ2) is 4.96. The van der Waals surface area contributed by atoms with E-state index < -0.39 is 0 Å². The van der Waals surface area contributed by atoms with E-state index in [4.69, 9.17) is 0 Å². The van der Waals surface area contributed by atoms with Crippen molar-refractivity contribution in [3.05, 3.63) is 11.4 Å². The van der Waals surface area contributed by atoms with Crippen molar-refractivity contribution in [2.75, 3.05) is 43.4 Å².